The Morgan fingerprint density at radius 2 is 2.39 bits per heavy atom. The second kappa shape index (κ2) is 4.61. The maximum Gasteiger partial charge on any atom is 0.157 e. The van der Waals surface area contributed by atoms with E-state index in [1.54, 1.807) is 12.3 Å². The maximum atomic E-state index is 13.7. The van der Waals surface area contributed by atoms with Crippen LogP contribution in [-0.4, -0.2) is 25.7 Å². The fourth-order valence-corrected chi connectivity index (χ4v) is 2.68. The molecule has 3 rings (SSSR count). The zero-order valence-electron chi connectivity index (χ0n) is 10.4. The molecule has 0 saturated carbocycles. The molecular weight excluding hydrogens is 231 g/mol. The molecule has 1 saturated heterocycles. The van der Waals surface area contributed by atoms with Crippen molar-refractivity contribution in [3.05, 3.63) is 30.3 Å². The van der Waals surface area contributed by atoms with Crippen molar-refractivity contribution in [2.45, 2.75) is 19.4 Å². The van der Waals surface area contributed by atoms with E-state index in [1.165, 1.54) is 6.07 Å². The van der Waals surface area contributed by atoms with Gasteiger partial charge in [0, 0.05) is 37.1 Å². The zero-order valence-corrected chi connectivity index (χ0v) is 10.4. The summed E-state index contributed by atoms with van der Waals surface area (Å²) in [5, 5.41) is 4.21. The van der Waals surface area contributed by atoms with Crippen LogP contribution in [0.1, 0.15) is 13.3 Å². The number of halogens is 1. The Morgan fingerprint density at radius 1 is 1.50 bits per heavy atom. The summed E-state index contributed by atoms with van der Waals surface area (Å²) in [5.74, 6) is -0.202. The monoisotopic (exact) mass is 248 g/mol. The van der Waals surface area contributed by atoms with Gasteiger partial charge in [0.25, 0.3) is 0 Å². The van der Waals surface area contributed by atoms with E-state index in [-0.39, 0.29) is 5.82 Å². The Balaban J connectivity index is 2.08. The van der Waals surface area contributed by atoms with Gasteiger partial charge in [-0.05, 0) is 18.6 Å². The van der Waals surface area contributed by atoms with E-state index in [9.17, 15) is 4.39 Å². The Labute approximate surface area is 106 Å². The quantitative estimate of drug-likeness (QED) is 0.885. The number of hydrogen-bond donors (Lipinski definition) is 1. The molecule has 0 aliphatic carbocycles. The van der Waals surface area contributed by atoms with Crippen LogP contribution in [0.15, 0.2) is 28.9 Å². The Hall–Kier alpha value is -1.55. The number of nitrogens with zero attached hydrogens (tertiary/aromatic N) is 1. The second-order valence-electron chi connectivity index (χ2n) is 4.72. The van der Waals surface area contributed by atoms with E-state index < -0.39 is 0 Å². The van der Waals surface area contributed by atoms with Gasteiger partial charge < -0.3 is 14.6 Å². The molecule has 96 valence electrons. The summed E-state index contributed by atoms with van der Waals surface area (Å²) < 4.78 is 19.2. The minimum Gasteiger partial charge on any atom is -0.462 e. The number of anilines is 1. The summed E-state index contributed by atoms with van der Waals surface area (Å²) in [7, 11) is 0. The largest absolute Gasteiger partial charge is 0.462 e. The molecule has 2 heterocycles. The van der Waals surface area contributed by atoms with Crippen molar-refractivity contribution in [2.24, 2.45) is 0 Å². The average Bonchev–Trinajstić information content (AvgIpc) is 2.85. The number of piperazine rings is 1. The molecule has 1 aromatic heterocycles. The van der Waals surface area contributed by atoms with Crippen LogP contribution >= 0.6 is 0 Å². The van der Waals surface area contributed by atoms with E-state index in [4.69, 9.17) is 4.42 Å². The van der Waals surface area contributed by atoms with Gasteiger partial charge in [0.2, 0.25) is 0 Å². The lowest BCUT2D eigenvalue weighted by molar-refractivity contribution is 0.464. The van der Waals surface area contributed by atoms with Crippen molar-refractivity contribution < 1.29 is 8.81 Å². The lowest BCUT2D eigenvalue weighted by Gasteiger charge is -2.37. The topological polar surface area (TPSA) is 28.4 Å². The van der Waals surface area contributed by atoms with E-state index in [1.807, 2.05) is 6.07 Å². The number of benzene rings is 1. The fraction of sp³-hybridized carbons (Fsp3) is 0.429. The van der Waals surface area contributed by atoms with Crippen LogP contribution in [-0.2, 0) is 0 Å². The maximum absolute atomic E-state index is 13.7. The third kappa shape index (κ3) is 1.86. The lowest BCUT2D eigenvalue weighted by atomic mass is 10.1. The molecule has 1 aromatic carbocycles. The molecule has 0 radical (unpaired) electrons. The molecule has 4 heteroatoms. The summed E-state index contributed by atoms with van der Waals surface area (Å²) in [6, 6.07) is 5.31. The Morgan fingerprint density at radius 3 is 3.22 bits per heavy atom. The van der Waals surface area contributed by atoms with Gasteiger partial charge in [0.15, 0.2) is 5.58 Å². The lowest BCUT2D eigenvalue weighted by Crippen LogP contribution is -2.51. The highest BCUT2D eigenvalue weighted by molar-refractivity contribution is 5.89. The van der Waals surface area contributed by atoms with Gasteiger partial charge in [-0.3, -0.25) is 0 Å². The molecule has 18 heavy (non-hydrogen) atoms. The number of fused-ring (bicyclic) bond motifs is 1. The second-order valence-corrected chi connectivity index (χ2v) is 4.72. The SMILES string of the molecule is CCC1CNCCN1c1cc(F)cc2ccoc12. The van der Waals surface area contributed by atoms with E-state index in [2.05, 4.69) is 17.1 Å². The smallest absolute Gasteiger partial charge is 0.157 e. The molecule has 1 aliphatic rings. The minimum atomic E-state index is -0.202. The zero-order chi connectivity index (χ0) is 12.5. The molecule has 1 aliphatic heterocycles. The van der Waals surface area contributed by atoms with Crippen LogP contribution in [0.2, 0.25) is 0 Å². The van der Waals surface area contributed by atoms with Crippen LogP contribution < -0.4 is 10.2 Å². The molecule has 1 fully saturated rings. The van der Waals surface area contributed by atoms with Crippen molar-refractivity contribution in [3.63, 3.8) is 0 Å². The van der Waals surface area contributed by atoms with Gasteiger partial charge in [0.05, 0.1) is 12.0 Å². The first kappa shape index (κ1) is 11.5. The summed E-state index contributed by atoms with van der Waals surface area (Å²) in [4.78, 5) is 2.26. The average molecular weight is 248 g/mol. The van der Waals surface area contributed by atoms with Crippen LogP contribution in [0, 0.1) is 5.82 Å². The highest BCUT2D eigenvalue weighted by atomic mass is 19.1. The molecule has 1 unspecified atom stereocenters. The molecule has 2 aromatic rings. The molecule has 0 amide bonds. The van der Waals surface area contributed by atoms with Crippen LogP contribution in [0.5, 0.6) is 0 Å². The third-order valence-corrected chi connectivity index (χ3v) is 3.63. The number of furan rings is 1. The predicted molar refractivity (Wildman–Crippen MR) is 70.5 cm³/mol. The van der Waals surface area contributed by atoms with Crippen molar-refractivity contribution in [2.75, 3.05) is 24.5 Å². The van der Waals surface area contributed by atoms with Gasteiger partial charge >= 0.3 is 0 Å². The van der Waals surface area contributed by atoms with E-state index in [0.717, 1.165) is 42.7 Å². The molecule has 0 bridgehead atoms. The number of hydrogen-bond acceptors (Lipinski definition) is 3. The Bertz CT molecular complexity index is 552. The first-order chi connectivity index (χ1) is 8.79. The van der Waals surface area contributed by atoms with E-state index in [0.29, 0.717) is 6.04 Å². The summed E-state index contributed by atoms with van der Waals surface area (Å²) in [6.07, 6.45) is 2.66. The van der Waals surface area contributed by atoms with Gasteiger partial charge in [-0.15, -0.1) is 0 Å². The van der Waals surface area contributed by atoms with E-state index >= 15 is 0 Å². The molecule has 1 N–H and O–H groups in total. The summed E-state index contributed by atoms with van der Waals surface area (Å²) >= 11 is 0. The van der Waals surface area contributed by atoms with Crippen molar-refractivity contribution >= 4 is 16.7 Å². The van der Waals surface area contributed by atoms with Crippen molar-refractivity contribution in [1.82, 2.24) is 5.32 Å². The van der Waals surface area contributed by atoms with Crippen LogP contribution in [0.25, 0.3) is 11.0 Å². The fourth-order valence-electron chi connectivity index (χ4n) is 2.68. The number of nitrogens with one attached hydrogen (secondary N) is 1. The van der Waals surface area contributed by atoms with Gasteiger partial charge in [0.1, 0.15) is 5.82 Å². The van der Waals surface area contributed by atoms with Gasteiger partial charge in [-0.2, -0.15) is 0 Å². The standard InChI is InChI=1S/C14H17FN2O/c1-2-12-9-16-4-5-17(12)13-8-11(15)7-10-3-6-18-14(10)13/h3,6-8,12,16H,2,4-5,9H2,1H3. The summed E-state index contributed by atoms with van der Waals surface area (Å²) in [5.41, 5.74) is 1.67. The molecule has 0 spiro atoms. The van der Waals surface area contributed by atoms with Crippen LogP contribution in [0.4, 0.5) is 10.1 Å². The first-order valence-corrected chi connectivity index (χ1v) is 6.43. The highest BCUT2D eigenvalue weighted by Gasteiger charge is 2.23. The van der Waals surface area contributed by atoms with Crippen molar-refractivity contribution in [3.8, 4) is 0 Å². The highest BCUT2D eigenvalue weighted by Crippen LogP contribution is 2.31. The molecule has 1 atom stereocenters. The Kier molecular flexibility index (Phi) is 2.96. The summed E-state index contributed by atoms with van der Waals surface area (Å²) in [6.45, 7) is 4.91. The minimum absolute atomic E-state index is 0.202. The van der Waals surface area contributed by atoms with Gasteiger partial charge in [-0.25, -0.2) is 4.39 Å². The molecular formula is C14H17FN2O. The molecule has 3 nitrogen and oxygen atoms in total. The normalized spacial score (nSPS) is 20.6. The van der Waals surface area contributed by atoms with Crippen LogP contribution in [0.3, 0.4) is 0 Å². The van der Waals surface area contributed by atoms with Gasteiger partial charge in [-0.1, -0.05) is 6.92 Å². The third-order valence-electron chi connectivity index (χ3n) is 3.63. The predicted octanol–water partition coefficient (Wildman–Crippen LogP) is 2.76. The van der Waals surface area contributed by atoms with Crippen molar-refractivity contribution in [1.29, 1.82) is 0 Å². The number of rotatable bonds is 2. The first-order valence-electron chi connectivity index (χ1n) is 6.43.